The van der Waals surface area contributed by atoms with Gasteiger partial charge in [-0.3, -0.25) is 19.8 Å². The standard InChI is InChI=1S/C18H14N2O3S2/c1-11-3-5-13(6-4-11)10-16-17(21)19(18(24)25-16)15-8-7-14(20(22)23)9-12(15)2/h3-10H,1-2H3/b16-10-. The van der Waals surface area contributed by atoms with E-state index in [1.165, 1.54) is 28.8 Å². The number of nitrogens with zero attached hydrogens (tertiary/aromatic N) is 2. The molecule has 0 aromatic heterocycles. The Balaban J connectivity index is 1.94. The Labute approximate surface area is 154 Å². The van der Waals surface area contributed by atoms with Gasteiger partial charge in [-0.15, -0.1) is 0 Å². The fourth-order valence-corrected chi connectivity index (χ4v) is 3.78. The summed E-state index contributed by atoms with van der Waals surface area (Å²) in [6, 6.07) is 12.2. The topological polar surface area (TPSA) is 63.4 Å². The van der Waals surface area contributed by atoms with Crippen molar-refractivity contribution >= 4 is 51.7 Å². The van der Waals surface area contributed by atoms with E-state index in [9.17, 15) is 14.9 Å². The highest BCUT2D eigenvalue weighted by Gasteiger charge is 2.34. The molecule has 2 aromatic rings. The van der Waals surface area contributed by atoms with Gasteiger partial charge in [0.1, 0.15) is 0 Å². The largest absolute Gasteiger partial charge is 0.270 e. The second-order valence-electron chi connectivity index (χ2n) is 5.66. The third-order valence-corrected chi connectivity index (χ3v) is 5.10. The summed E-state index contributed by atoms with van der Waals surface area (Å²) in [4.78, 5) is 25.2. The lowest BCUT2D eigenvalue weighted by atomic mass is 10.1. The number of benzene rings is 2. The van der Waals surface area contributed by atoms with Crippen LogP contribution in [0.2, 0.25) is 0 Å². The maximum atomic E-state index is 12.8. The van der Waals surface area contributed by atoms with Crippen molar-refractivity contribution in [3.8, 4) is 0 Å². The van der Waals surface area contributed by atoms with Crippen LogP contribution < -0.4 is 4.90 Å². The number of carbonyl (C=O) groups is 1. The zero-order chi connectivity index (χ0) is 18.1. The number of nitro benzene ring substituents is 1. The van der Waals surface area contributed by atoms with Crippen LogP contribution in [-0.4, -0.2) is 15.2 Å². The normalized spacial score (nSPS) is 15.9. The number of non-ortho nitro benzene ring substituents is 1. The van der Waals surface area contributed by atoms with E-state index in [1.54, 1.807) is 19.1 Å². The number of carbonyl (C=O) groups excluding carboxylic acids is 1. The average molecular weight is 370 g/mol. The summed E-state index contributed by atoms with van der Waals surface area (Å²) in [7, 11) is 0. The molecule has 1 fully saturated rings. The molecule has 0 aliphatic carbocycles. The number of rotatable bonds is 3. The first-order valence-electron chi connectivity index (χ1n) is 7.46. The Hall–Kier alpha value is -2.51. The summed E-state index contributed by atoms with van der Waals surface area (Å²) in [5.74, 6) is -0.215. The van der Waals surface area contributed by atoms with Crippen LogP contribution in [0.4, 0.5) is 11.4 Å². The van der Waals surface area contributed by atoms with Crippen molar-refractivity contribution in [2.45, 2.75) is 13.8 Å². The maximum Gasteiger partial charge on any atom is 0.270 e. The molecular weight excluding hydrogens is 356 g/mol. The number of hydrogen-bond acceptors (Lipinski definition) is 5. The predicted octanol–water partition coefficient (Wildman–Crippen LogP) is 4.62. The summed E-state index contributed by atoms with van der Waals surface area (Å²) < 4.78 is 0.417. The van der Waals surface area contributed by atoms with Crippen LogP contribution in [0.15, 0.2) is 47.4 Å². The summed E-state index contributed by atoms with van der Waals surface area (Å²) >= 11 is 6.58. The lowest BCUT2D eigenvalue weighted by molar-refractivity contribution is -0.384. The molecule has 0 radical (unpaired) electrons. The number of thiocarbonyl (C=S) groups is 1. The first-order valence-corrected chi connectivity index (χ1v) is 8.69. The quantitative estimate of drug-likeness (QED) is 0.341. The number of hydrogen-bond donors (Lipinski definition) is 0. The van der Waals surface area contributed by atoms with Crippen molar-refractivity contribution in [3.63, 3.8) is 0 Å². The van der Waals surface area contributed by atoms with Gasteiger partial charge in [0.05, 0.1) is 15.5 Å². The Kier molecular flexibility index (Phi) is 4.69. The molecule has 1 amide bonds. The van der Waals surface area contributed by atoms with Gasteiger partial charge in [-0.25, -0.2) is 0 Å². The van der Waals surface area contributed by atoms with Crippen LogP contribution in [0.25, 0.3) is 6.08 Å². The minimum Gasteiger partial charge on any atom is -0.268 e. The van der Waals surface area contributed by atoms with E-state index in [-0.39, 0.29) is 11.6 Å². The zero-order valence-electron chi connectivity index (χ0n) is 13.6. The summed E-state index contributed by atoms with van der Waals surface area (Å²) in [5.41, 5.74) is 3.25. The van der Waals surface area contributed by atoms with E-state index in [0.717, 1.165) is 11.1 Å². The van der Waals surface area contributed by atoms with E-state index in [4.69, 9.17) is 12.2 Å². The lowest BCUT2D eigenvalue weighted by Gasteiger charge is -2.16. The van der Waals surface area contributed by atoms with Crippen molar-refractivity contribution in [1.29, 1.82) is 0 Å². The monoisotopic (exact) mass is 370 g/mol. The van der Waals surface area contributed by atoms with Crippen LogP contribution in [-0.2, 0) is 4.79 Å². The number of nitro groups is 1. The van der Waals surface area contributed by atoms with E-state index < -0.39 is 4.92 Å². The second-order valence-corrected chi connectivity index (χ2v) is 7.33. The van der Waals surface area contributed by atoms with Gasteiger partial charge in [-0.1, -0.05) is 53.8 Å². The molecule has 2 aromatic carbocycles. The Morgan fingerprint density at radius 3 is 2.44 bits per heavy atom. The first kappa shape index (κ1) is 17.3. The molecule has 126 valence electrons. The number of amides is 1. The van der Waals surface area contributed by atoms with E-state index in [1.807, 2.05) is 31.2 Å². The molecular formula is C18H14N2O3S2. The molecule has 1 aliphatic heterocycles. The van der Waals surface area contributed by atoms with Crippen molar-refractivity contribution in [2.24, 2.45) is 0 Å². The molecule has 0 saturated carbocycles. The molecule has 0 unspecified atom stereocenters. The molecule has 0 N–H and O–H groups in total. The van der Waals surface area contributed by atoms with Gasteiger partial charge >= 0.3 is 0 Å². The third kappa shape index (κ3) is 3.47. The fourth-order valence-electron chi connectivity index (χ4n) is 2.49. The predicted molar refractivity (Wildman–Crippen MR) is 105 cm³/mol. The highest BCUT2D eigenvalue weighted by atomic mass is 32.2. The van der Waals surface area contributed by atoms with Gasteiger partial charge in [-0.05, 0) is 37.1 Å². The van der Waals surface area contributed by atoms with Gasteiger partial charge in [0.15, 0.2) is 4.32 Å². The number of anilines is 1. The average Bonchev–Trinajstić information content (AvgIpc) is 2.84. The molecule has 1 saturated heterocycles. The fraction of sp³-hybridized carbons (Fsp3) is 0.111. The molecule has 0 bridgehead atoms. The van der Waals surface area contributed by atoms with Gasteiger partial charge in [-0.2, -0.15) is 0 Å². The number of thioether (sulfide) groups is 1. The van der Waals surface area contributed by atoms with Crippen LogP contribution in [0.5, 0.6) is 0 Å². The highest BCUT2D eigenvalue weighted by Crippen LogP contribution is 2.38. The lowest BCUT2D eigenvalue weighted by Crippen LogP contribution is -2.28. The van der Waals surface area contributed by atoms with Crippen LogP contribution in [0, 0.1) is 24.0 Å². The van der Waals surface area contributed by atoms with Gasteiger partial charge in [0.25, 0.3) is 11.6 Å². The smallest absolute Gasteiger partial charge is 0.268 e. The molecule has 25 heavy (non-hydrogen) atoms. The summed E-state index contributed by atoms with van der Waals surface area (Å²) in [5, 5.41) is 10.9. The minimum absolute atomic E-state index is 0.0121. The van der Waals surface area contributed by atoms with E-state index in [0.29, 0.717) is 20.5 Å². The van der Waals surface area contributed by atoms with Crippen LogP contribution in [0.1, 0.15) is 16.7 Å². The maximum absolute atomic E-state index is 12.8. The Bertz CT molecular complexity index is 920. The van der Waals surface area contributed by atoms with E-state index >= 15 is 0 Å². The molecule has 0 spiro atoms. The number of aryl methyl sites for hydroxylation is 2. The van der Waals surface area contributed by atoms with Gasteiger partial charge < -0.3 is 0 Å². The first-order chi connectivity index (χ1) is 11.9. The molecule has 1 heterocycles. The zero-order valence-corrected chi connectivity index (χ0v) is 15.2. The SMILES string of the molecule is Cc1ccc(/C=C2\SC(=S)N(c3ccc([N+](=O)[O-])cc3C)C2=O)cc1. The van der Waals surface area contributed by atoms with Gasteiger partial charge in [0.2, 0.25) is 0 Å². The molecule has 3 rings (SSSR count). The Morgan fingerprint density at radius 2 is 1.84 bits per heavy atom. The van der Waals surface area contributed by atoms with Crippen molar-refractivity contribution in [3.05, 3.63) is 74.2 Å². The summed E-state index contributed by atoms with van der Waals surface area (Å²) in [6.45, 7) is 3.73. The highest BCUT2D eigenvalue weighted by molar-refractivity contribution is 8.27. The van der Waals surface area contributed by atoms with Gasteiger partial charge in [0, 0.05) is 12.1 Å². The van der Waals surface area contributed by atoms with Crippen molar-refractivity contribution in [2.75, 3.05) is 4.90 Å². The molecule has 1 aliphatic rings. The van der Waals surface area contributed by atoms with E-state index in [2.05, 4.69) is 0 Å². The minimum atomic E-state index is -0.460. The summed E-state index contributed by atoms with van der Waals surface area (Å²) in [6.07, 6.45) is 1.81. The Morgan fingerprint density at radius 1 is 1.16 bits per heavy atom. The molecule has 7 heteroatoms. The van der Waals surface area contributed by atoms with Crippen molar-refractivity contribution in [1.82, 2.24) is 0 Å². The molecule has 5 nitrogen and oxygen atoms in total. The van der Waals surface area contributed by atoms with Crippen LogP contribution >= 0.6 is 24.0 Å². The molecule has 0 atom stereocenters. The van der Waals surface area contributed by atoms with Crippen molar-refractivity contribution < 1.29 is 9.72 Å². The third-order valence-electron chi connectivity index (χ3n) is 3.80. The van der Waals surface area contributed by atoms with Crippen LogP contribution in [0.3, 0.4) is 0 Å². The second kappa shape index (κ2) is 6.78.